The third-order valence-corrected chi connectivity index (χ3v) is 6.00. The highest BCUT2D eigenvalue weighted by Crippen LogP contribution is 2.29. The summed E-state index contributed by atoms with van der Waals surface area (Å²) in [7, 11) is -1.85. The van der Waals surface area contributed by atoms with E-state index in [4.69, 9.17) is 5.73 Å². The molecule has 0 atom stereocenters. The first-order valence-corrected chi connectivity index (χ1v) is 8.47. The van der Waals surface area contributed by atoms with Crippen molar-refractivity contribution in [1.82, 2.24) is 9.29 Å². The van der Waals surface area contributed by atoms with Crippen LogP contribution in [0.15, 0.2) is 41.6 Å². The first-order valence-electron chi connectivity index (χ1n) is 7.03. The number of fused-ring (bicyclic) bond motifs is 1. The highest BCUT2D eigenvalue weighted by molar-refractivity contribution is 7.89. The minimum atomic E-state index is -3.49. The van der Waals surface area contributed by atoms with Gasteiger partial charge in [-0.2, -0.15) is 0 Å². The van der Waals surface area contributed by atoms with Crippen LogP contribution in [0.25, 0.3) is 10.8 Å². The van der Waals surface area contributed by atoms with Crippen LogP contribution in [0.2, 0.25) is 0 Å². The third-order valence-electron chi connectivity index (χ3n) is 4.12. The average Bonchev–Trinajstić information content (AvgIpc) is 2.44. The summed E-state index contributed by atoms with van der Waals surface area (Å²) in [4.78, 5) is 4.38. The Labute approximate surface area is 124 Å². The van der Waals surface area contributed by atoms with Gasteiger partial charge in [-0.15, -0.1) is 0 Å². The molecule has 1 fully saturated rings. The molecular weight excluding hydrogens is 286 g/mol. The molecule has 0 saturated heterocycles. The molecule has 1 aromatic carbocycles. The number of benzene rings is 1. The average molecular weight is 305 g/mol. The highest BCUT2D eigenvalue weighted by Gasteiger charge is 2.31. The summed E-state index contributed by atoms with van der Waals surface area (Å²) >= 11 is 0. The normalized spacial score (nSPS) is 22.4. The zero-order chi connectivity index (χ0) is 15.0. The van der Waals surface area contributed by atoms with Gasteiger partial charge in [0.05, 0.1) is 4.90 Å². The van der Waals surface area contributed by atoms with Crippen LogP contribution in [0.4, 0.5) is 0 Å². The predicted molar refractivity (Wildman–Crippen MR) is 82.3 cm³/mol. The summed E-state index contributed by atoms with van der Waals surface area (Å²) in [6.45, 7) is 0.525. The molecule has 0 radical (unpaired) electrons. The SMILES string of the molecule is CN(CC1CC(N)C1)S(=O)(=O)c1cccc2cnccc12. The van der Waals surface area contributed by atoms with E-state index < -0.39 is 10.0 Å². The van der Waals surface area contributed by atoms with Gasteiger partial charge in [-0.05, 0) is 30.9 Å². The van der Waals surface area contributed by atoms with E-state index in [9.17, 15) is 8.42 Å². The second-order valence-corrected chi connectivity index (χ2v) is 7.75. The molecular formula is C15H19N3O2S. The molecule has 2 N–H and O–H groups in total. The summed E-state index contributed by atoms with van der Waals surface area (Å²) in [5.74, 6) is 0.372. The molecule has 1 aliphatic rings. The summed E-state index contributed by atoms with van der Waals surface area (Å²) in [6.07, 6.45) is 5.10. The Bertz CT molecular complexity index is 749. The maximum Gasteiger partial charge on any atom is 0.243 e. The summed E-state index contributed by atoms with van der Waals surface area (Å²) < 4.78 is 27.0. The van der Waals surface area contributed by atoms with E-state index in [1.54, 1.807) is 37.6 Å². The molecule has 112 valence electrons. The Morgan fingerprint density at radius 3 is 2.81 bits per heavy atom. The smallest absolute Gasteiger partial charge is 0.243 e. The van der Waals surface area contributed by atoms with Gasteiger partial charge in [-0.25, -0.2) is 12.7 Å². The van der Waals surface area contributed by atoms with Gasteiger partial charge in [0.1, 0.15) is 0 Å². The van der Waals surface area contributed by atoms with Crippen LogP contribution in [0.5, 0.6) is 0 Å². The van der Waals surface area contributed by atoms with Crippen LogP contribution >= 0.6 is 0 Å². The second-order valence-electron chi connectivity index (χ2n) is 5.74. The fraction of sp³-hybridized carbons (Fsp3) is 0.400. The van der Waals surface area contributed by atoms with Crippen molar-refractivity contribution in [1.29, 1.82) is 0 Å². The molecule has 2 aromatic rings. The zero-order valence-corrected chi connectivity index (χ0v) is 12.8. The molecule has 3 rings (SSSR count). The lowest BCUT2D eigenvalue weighted by Gasteiger charge is -2.35. The summed E-state index contributed by atoms with van der Waals surface area (Å²) in [6, 6.07) is 7.25. The van der Waals surface area contributed by atoms with Crippen molar-refractivity contribution < 1.29 is 8.42 Å². The van der Waals surface area contributed by atoms with Gasteiger partial charge in [0.2, 0.25) is 10.0 Å². The molecule has 0 unspecified atom stereocenters. The number of nitrogens with zero attached hydrogens (tertiary/aromatic N) is 2. The number of sulfonamides is 1. The minimum absolute atomic E-state index is 0.231. The molecule has 1 saturated carbocycles. The standard InChI is InChI=1S/C15H19N3O2S/c1-18(10-11-7-13(16)8-11)21(19,20)15-4-2-3-12-9-17-6-5-14(12)15/h2-6,9,11,13H,7-8,10,16H2,1H3. The quantitative estimate of drug-likeness (QED) is 0.930. The Morgan fingerprint density at radius 2 is 2.10 bits per heavy atom. The molecule has 6 heteroatoms. The maximum atomic E-state index is 12.8. The zero-order valence-electron chi connectivity index (χ0n) is 11.9. The van der Waals surface area contributed by atoms with Crippen molar-refractivity contribution in [2.45, 2.75) is 23.8 Å². The number of hydrogen-bond donors (Lipinski definition) is 1. The van der Waals surface area contributed by atoms with Crippen molar-refractivity contribution >= 4 is 20.8 Å². The van der Waals surface area contributed by atoms with Gasteiger partial charge in [-0.1, -0.05) is 12.1 Å². The lowest BCUT2D eigenvalue weighted by atomic mass is 9.81. The van der Waals surface area contributed by atoms with Crippen LogP contribution < -0.4 is 5.73 Å². The number of aromatic nitrogens is 1. The largest absolute Gasteiger partial charge is 0.328 e. The predicted octanol–water partition coefficient (Wildman–Crippen LogP) is 1.59. The Kier molecular flexibility index (Phi) is 3.69. The monoisotopic (exact) mass is 305 g/mol. The van der Waals surface area contributed by atoms with Gasteiger partial charge >= 0.3 is 0 Å². The molecule has 0 bridgehead atoms. The van der Waals surface area contributed by atoms with Crippen molar-refractivity contribution in [3.05, 3.63) is 36.7 Å². The number of hydrogen-bond acceptors (Lipinski definition) is 4. The molecule has 0 amide bonds. The Balaban J connectivity index is 1.92. The highest BCUT2D eigenvalue weighted by atomic mass is 32.2. The van der Waals surface area contributed by atoms with E-state index in [1.165, 1.54) is 4.31 Å². The van der Waals surface area contributed by atoms with Crippen LogP contribution in [0.3, 0.4) is 0 Å². The van der Waals surface area contributed by atoms with Crippen LogP contribution in [-0.4, -0.2) is 37.3 Å². The first kappa shape index (κ1) is 14.4. The van der Waals surface area contributed by atoms with E-state index in [2.05, 4.69) is 4.98 Å². The van der Waals surface area contributed by atoms with Crippen molar-refractivity contribution in [2.24, 2.45) is 11.7 Å². The first-order chi connectivity index (χ1) is 9.98. The number of nitrogens with two attached hydrogens (primary N) is 1. The second kappa shape index (κ2) is 5.36. The number of pyridine rings is 1. The van der Waals surface area contributed by atoms with E-state index in [0.717, 1.165) is 18.2 Å². The van der Waals surface area contributed by atoms with Gasteiger partial charge in [0.15, 0.2) is 0 Å². The summed E-state index contributed by atoms with van der Waals surface area (Å²) in [5.41, 5.74) is 5.76. The molecule has 1 aliphatic carbocycles. The van der Waals surface area contributed by atoms with Crippen molar-refractivity contribution in [3.63, 3.8) is 0 Å². The van der Waals surface area contributed by atoms with Gasteiger partial charge in [-0.3, -0.25) is 4.98 Å². The van der Waals surface area contributed by atoms with Gasteiger partial charge in [0.25, 0.3) is 0 Å². The van der Waals surface area contributed by atoms with Crippen LogP contribution in [0.1, 0.15) is 12.8 Å². The Hall–Kier alpha value is -1.50. The molecule has 5 nitrogen and oxygen atoms in total. The lowest BCUT2D eigenvalue weighted by Crippen LogP contribution is -2.43. The molecule has 0 spiro atoms. The molecule has 1 heterocycles. The van der Waals surface area contributed by atoms with E-state index in [-0.39, 0.29) is 6.04 Å². The number of rotatable bonds is 4. The topological polar surface area (TPSA) is 76.3 Å². The Morgan fingerprint density at radius 1 is 1.33 bits per heavy atom. The van der Waals surface area contributed by atoms with E-state index >= 15 is 0 Å². The van der Waals surface area contributed by atoms with Crippen LogP contribution in [-0.2, 0) is 10.0 Å². The summed E-state index contributed by atoms with van der Waals surface area (Å²) in [5, 5.41) is 1.54. The van der Waals surface area contributed by atoms with E-state index in [1.807, 2.05) is 6.07 Å². The fourth-order valence-electron chi connectivity index (χ4n) is 2.88. The van der Waals surface area contributed by atoms with Gasteiger partial charge < -0.3 is 5.73 Å². The van der Waals surface area contributed by atoms with Crippen LogP contribution in [0, 0.1) is 5.92 Å². The third kappa shape index (κ3) is 2.66. The molecule has 21 heavy (non-hydrogen) atoms. The lowest BCUT2D eigenvalue weighted by molar-refractivity contribution is 0.227. The van der Waals surface area contributed by atoms with E-state index in [0.29, 0.717) is 22.7 Å². The molecule has 0 aliphatic heterocycles. The minimum Gasteiger partial charge on any atom is -0.328 e. The van der Waals surface area contributed by atoms with Crippen molar-refractivity contribution in [3.8, 4) is 0 Å². The maximum absolute atomic E-state index is 12.8. The molecule has 1 aromatic heterocycles. The van der Waals surface area contributed by atoms with Gasteiger partial charge in [0, 0.05) is 42.8 Å². The fourth-order valence-corrected chi connectivity index (χ4v) is 4.34. The van der Waals surface area contributed by atoms with Crippen molar-refractivity contribution in [2.75, 3.05) is 13.6 Å².